The van der Waals surface area contributed by atoms with E-state index >= 15 is 0 Å². The SMILES string of the molecule is COc1ccccc1C(=O)NCCCCn1c(C)cccc1=O. The molecule has 122 valence electrons. The number of amides is 1. The Morgan fingerprint density at radius 3 is 2.65 bits per heavy atom. The smallest absolute Gasteiger partial charge is 0.255 e. The highest BCUT2D eigenvalue weighted by Gasteiger charge is 2.10. The first-order chi connectivity index (χ1) is 11.1. The van der Waals surface area contributed by atoms with Gasteiger partial charge in [0.05, 0.1) is 12.7 Å². The Hall–Kier alpha value is -2.56. The fraction of sp³-hybridized carbons (Fsp3) is 0.333. The van der Waals surface area contributed by atoms with Crippen LogP contribution >= 0.6 is 0 Å². The third-order valence-electron chi connectivity index (χ3n) is 3.71. The highest BCUT2D eigenvalue weighted by molar-refractivity contribution is 5.96. The number of methoxy groups -OCH3 is 1. The van der Waals surface area contributed by atoms with Gasteiger partial charge in [0.1, 0.15) is 5.75 Å². The van der Waals surface area contributed by atoms with Crippen molar-refractivity contribution in [2.75, 3.05) is 13.7 Å². The van der Waals surface area contributed by atoms with Crippen molar-refractivity contribution >= 4 is 5.91 Å². The Bertz CT molecular complexity index is 722. The van der Waals surface area contributed by atoms with Crippen LogP contribution in [0.1, 0.15) is 28.9 Å². The maximum Gasteiger partial charge on any atom is 0.255 e. The minimum atomic E-state index is -0.143. The lowest BCUT2D eigenvalue weighted by atomic mass is 10.2. The van der Waals surface area contributed by atoms with E-state index in [1.54, 1.807) is 35.9 Å². The molecule has 0 fully saturated rings. The molecule has 0 unspecified atom stereocenters. The summed E-state index contributed by atoms with van der Waals surface area (Å²) in [5.41, 5.74) is 1.50. The zero-order chi connectivity index (χ0) is 16.7. The lowest BCUT2D eigenvalue weighted by Crippen LogP contribution is -2.26. The number of aromatic nitrogens is 1. The molecular weight excluding hydrogens is 292 g/mol. The van der Waals surface area contributed by atoms with Crippen molar-refractivity contribution in [2.24, 2.45) is 0 Å². The Labute approximate surface area is 135 Å². The second-order valence-electron chi connectivity index (χ2n) is 5.32. The number of pyridine rings is 1. The highest BCUT2D eigenvalue weighted by atomic mass is 16.5. The second-order valence-corrected chi connectivity index (χ2v) is 5.32. The highest BCUT2D eigenvalue weighted by Crippen LogP contribution is 2.16. The Kier molecular flexibility index (Phi) is 5.97. The molecule has 0 saturated heterocycles. The summed E-state index contributed by atoms with van der Waals surface area (Å²) in [6.45, 7) is 3.15. The number of carbonyl (C=O) groups is 1. The lowest BCUT2D eigenvalue weighted by Gasteiger charge is -2.10. The number of rotatable bonds is 7. The molecule has 0 aliphatic heterocycles. The summed E-state index contributed by atoms with van der Waals surface area (Å²) < 4.78 is 6.93. The van der Waals surface area contributed by atoms with E-state index in [4.69, 9.17) is 4.74 Å². The Morgan fingerprint density at radius 1 is 1.13 bits per heavy atom. The van der Waals surface area contributed by atoms with Crippen molar-refractivity contribution in [3.8, 4) is 5.75 Å². The number of hydrogen-bond donors (Lipinski definition) is 1. The molecule has 5 heteroatoms. The zero-order valence-electron chi connectivity index (χ0n) is 13.5. The molecule has 0 atom stereocenters. The molecule has 1 aromatic carbocycles. The topological polar surface area (TPSA) is 60.3 Å². The van der Waals surface area contributed by atoms with Crippen molar-refractivity contribution in [2.45, 2.75) is 26.3 Å². The van der Waals surface area contributed by atoms with E-state index in [0.717, 1.165) is 18.5 Å². The molecule has 23 heavy (non-hydrogen) atoms. The average molecular weight is 314 g/mol. The van der Waals surface area contributed by atoms with Crippen LogP contribution in [-0.4, -0.2) is 24.1 Å². The molecule has 0 bridgehead atoms. The molecule has 0 aliphatic rings. The van der Waals surface area contributed by atoms with Crippen LogP contribution in [0, 0.1) is 6.92 Å². The summed E-state index contributed by atoms with van der Waals surface area (Å²) in [7, 11) is 1.55. The minimum Gasteiger partial charge on any atom is -0.496 e. The first-order valence-electron chi connectivity index (χ1n) is 7.71. The van der Waals surface area contributed by atoms with Crippen molar-refractivity contribution in [3.63, 3.8) is 0 Å². The molecule has 0 aliphatic carbocycles. The van der Waals surface area contributed by atoms with Gasteiger partial charge in [-0.05, 0) is 38.0 Å². The van der Waals surface area contributed by atoms with Crippen LogP contribution in [0.2, 0.25) is 0 Å². The fourth-order valence-corrected chi connectivity index (χ4v) is 2.43. The van der Waals surface area contributed by atoms with Crippen LogP contribution in [0.25, 0.3) is 0 Å². The first kappa shape index (κ1) is 16.8. The van der Waals surface area contributed by atoms with Crippen LogP contribution in [0.3, 0.4) is 0 Å². The van der Waals surface area contributed by atoms with Crippen LogP contribution in [0.5, 0.6) is 5.75 Å². The van der Waals surface area contributed by atoms with Gasteiger partial charge in [0.25, 0.3) is 11.5 Å². The summed E-state index contributed by atoms with van der Waals surface area (Å²) in [4.78, 5) is 23.9. The number of nitrogens with zero attached hydrogens (tertiary/aromatic N) is 1. The second kappa shape index (κ2) is 8.17. The maximum atomic E-state index is 12.1. The maximum absolute atomic E-state index is 12.1. The van der Waals surface area contributed by atoms with Gasteiger partial charge in [0, 0.05) is 24.8 Å². The molecule has 0 radical (unpaired) electrons. The van der Waals surface area contributed by atoms with E-state index < -0.39 is 0 Å². The summed E-state index contributed by atoms with van der Waals surface area (Å²) in [5, 5.41) is 2.88. The predicted octanol–water partition coefficient (Wildman–Crippen LogP) is 2.38. The standard InChI is InChI=1S/C18H22N2O3/c1-14-8-7-11-17(21)20(14)13-6-5-12-19-18(22)15-9-3-4-10-16(15)23-2/h3-4,7-11H,5-6,12-13H2,1-2H3,(H,19,22). The first-order valence-corrected chi connectivity index (χ1v) is 7.71. The summed E-state index contributed by atoms with van der Waals surface area (Å²) in [5.74, 6) is 0.423. The number of hydrogen-bond acceptors (Lipinski definition) is 3. The van der Waals surface area contributed by atoms with Gasteiger partial charge in [0.2, 0.25) is 0 Å². The third kappa shape index (κ3) is 4.45. The molecule has 1 amide bonds. The quantitative estimate of drug-likeness (QED) is 0.798. The molecular formula is C18H22N2O3. The molecule has 2 rings (SSSR count). The third-order valence-corrected chi connectivity index (χ3v) is 3.71. The van der Waals surface area contributed by atoms with Crippen molar-refractivity contribution < 1.29 is 9.53 Å². The van der Waals surface area contributed by atoms with E-state index in [1.165, 1.54) is 0 Å². The summed E-state index contributed by atoms with van der Waals surface area (Å²) in [6, 6.07) is 12.4. The largest absolute Gasteiger partial charge is 0.496 e. The van der Waals surface area contributed by atoms with Gasteiger partial charge >= 0.3 is 0 Å². The fourth-order valence-electron chi connectivity index (χ4n) is 2.43. The summed E-state index contributed by atoms with van der Waals surface area (Å²) >= 11 is 0. The number of nitrogens with one attached hydrogen (secondary N) is 1. The van der Waals surface area contributed by atoms with Gasteiger partial charge in [-0.15, -0.1) is 0 Å². The van der Waals surface area contributed by atoms with Crippen molar-refractivity contribution in [3.05, 3.63) is 64.1 Å². The Balaban J connectivity index is 1.79. The van der Waals surface area contributed by atoms with Crippen LogP contribution < -0.4 is 15.6 Å². The van der Waals surface area contributed by atoms with Gasteiger partial charge in [-0.3, -0.25) is 9.59 Å². The van der Waals surface area contributed by atoms with Gasteiger partial charge < -0.3 is 14.6 Å². The lowest BCUT2D eigenvalue weighted by molar-refractivity contribution is 0.0950. The van der Waals surface area contributed by atoms with Crippen LogP contribution in [-0.2, 0) is 6.54 Å². The van der Waals surface area contributed by atoms with Crippen molar-refractivity contribution in [1.29, 1.82) is 0 Å². The number of benzene rings is 1. The molecule has 0 spiro atoms. The van der Waals surface area contributed by atoms with E-state index in [1.807, 2.05) is 25.1 Å². The summed E-state index contributed by atoms with van der Waals surface area (Å²) in [6.07, 6.45) is 1.64. The van der Waals surface area contributed by atoms with Crippen LogP contribution in [0.4, 0.5) is 0 Å². The number of para-hydroxylation sites is 1. The molecule has 1 aromatic heterocycles. The number of ether oxygens (including phenoxy) is 1. The molecule has 1 N–H and O–H groups in total. The van der Waals surface area contributed by atoms with E-state index in [-0.39, 0.29) is 11.5 Å². The number of carbonyl (C=O) groups excluding carboxylic acids is 1. The Morgan fingerprint density at radius 2 is 1.91 bits per heavy atom. The van der Waals surface area contributed by atoms with E-state index in [2.05, 4.69) is 5.32 Å². The van der Waals surface area contributed by atoms with Gasteiger partial charge in [-0.2, -0.15) is 0 Å². The average Bonchev–Trinajstić information content (AvgIpc) is 2.56. The van der Waals surface area contributed by atoms with Gasteiger partial charge in [-0.1, -0.05) is 18.2 Å². The molecule has 0 saturated carbocycles. The van der Waals surface area contributed by atoms with E-state index in [0.29, 0.717) is 24.4 Å². The van der Waals surface area contributed by atoms with E-state index in [9.17, 15) is 9.59 Å². The zero-order valence-corrected chi connectivity index (χ0v) is 13.5. The van der Waals surface area contributed by atoms with Gasteiger partial charge in [-0.25, -0.2) is 0 Å². The number of unbranched alkanes of at least 4 members (excludes halogenated alkanes) is 1. The minimum absolute atomic E-state index is 0.0167. The molecule has 5 nitrogen and oxygen atoms in total. The van der Waals surface area contributed by atoms with Gasteiger partial charge in [0.15, 0.2) is 0 Å². The predicted molar refractivity (Wildman–Crippen MR) is 90.0 cm³/mol. The molecule has 2 aromatic rings. The normalized spacial score (nSPS) is 10.3. The van der Waals surface area contributed by atoms with Crippen LogP contribution in [0.15, 0.2) is 47.3 Å². The number of aryl methyl sites for hydroxylation is 1. The van der Waals surface area contributed by atoms with Crippen molar-refractivity contribution in [1.82, 2.24) is 9.88 Å². The monoisotopic (exact) mass is 314 g/mol. The molecule has 1 heterocycles.